The number of hydrogen-bond donors (Lipinski definition) is 1. The molecule has 0 amide bonds. The fourth-order valence-electron chi connectivity index (χ4n) is 2.08. The van der Waals surface area contributed by atoms with Crippen molar-refractivity contribution in [3.63, 3.8) is 0 Å². The van der Waals surface area contributed by atoms with E-state index >= 15 is 0 Å². The van der Waals surface area contributed by atoms with E-state index in [1.807, 2.05) is 11.6 Å². The van der Waals surface area contributed by atoms with E-state index < -0.39 is 0 Å². The Labute approximate surface area is 132 Å². The Morgan fingerprint density at radius 2 is 2.35 bits per heavy atom. The third-order valence-corrected chi connectivity index (χ3v) is 4.39. The van der Waals surface area contributed by atoms with E-state index in [2.05, 4.69) is 50.5 Å². The normalized spacial score (nSPS) is 12.5. The Hall–Kier alpha value is -0.750. The second-order valence-electron chi connectivity index (χ2n) is 4.58. The molecule has 0 aliphatic heterocycles. The molecular weight excluding hydrogens is 336 g/mol. The molecular formula is C15H19BrN2OS. The second-order valence-corrected chi connectivity index (χ2v) is 6.47. The average molecular weight is 355 g/mol. The maximum absolute atomic E-state index is 5.07. The number of nitrogens with one attached hydrogen (secondary N) is 1. The van der Waals surface area contributed by atoms with Gasteiger partial charge in [0.2, 0.25) is 0 Å². The van der Waals surface area contributed by atoms with Crippen molar-refractivity contribution in [3.05, 3.63) is 50.9 Å². The monoisotopic (exact) mass is 354 g/mol. The number of halogens is 1. The molecule has 1 unspecified atom stereocenters. The van der Waals surface area contributed by atoms with Crippen molar-refractivity contribution in [2.45, 2.75) is 12.3 Å². The van der Waals surface area contributed by atoms with Crippen LogP contribution in [0.15, 0.2) is 40.3 Å². The molecule has 0 aliphatic rings. The molecule has 1 N–H and O–H groups in total. The Morgan fingerprint density at radius 1 is 1.45 bits per heavy atom. The third-order valence-electron chi connectivity index (χ3n) is 3.10. The number of hydrogen-bond acceptors (Lipinski definition) is 4. The van der Waals surface area contributed by atoms with Crippen LogP contribution in [-0.2, 0) is 11.2 Å². The highest BCUT2D eigenvalue weighted by Gasteiger charge is 2.14. The quantitative estimate of drug-likeness (QED) is 0.737. The first-order valence-corrected chi connectivity index (χ1v) is 8.30. The molecule has 0 radical (unpaired) electrons. The molecule has 1 atom stereocenters. The molecule has 2 aromatic rings. The Kier molecular flexibility index (Phi) is 6.66. The predicted octanol–water partition coefficient (Wildman–Crippen LogP) is 3.47. The first kappa shape index (κ1) is 15.6. The second kappa shape index (κ2) is 8.52. The van der Waals surface area contributed by atoms with Gasteiger partial charge in [-0.15, -0.1) is 11.3 Å². The van der Waals surface area contributed by atoms with E-state index in [4.69, 9.17) is 4.74 Å². The van der Waals surface area contributed by atoms with E-state index in [1.54, 1.807) is 18.4 Å². The van der Waals surface area contributed by atoms with E-state index in [0.717, 1.165) is 30.6 Å². The van der Waals surface area contributed by atoms with Gasteiger partial charge in [-0.3, -0.25) is 0 Å². The van der Waals surface area contributed by atoms with Crippen LogP contribution in [0.1, 0.15) is 16.5 Å². The first-order chi connectivity index (χ1) is 9.79. The lowest BCUT2D eigenvalue weighted by Gasteiger charge is -2.17. The zero-order valence-corrected chi connectivity index (χ0v) is 13.9. The highest BCUT2D eigenvalue weighted by Crippen LogP contribution is 2.24. The molecule has 0 bridgehead atoms. The van der Waals surface area contributed by atoms with Crippen LogP contribution in [0, 0.1) is 0 Å². The molecule has 3 nitrogen and oxygen atoms in total. The molecule has 20 heavy (non-hydrogen) atoms. The van der Waals surface area contributed by atoms with Crippen molar-refractivity contribution < 1.29 is 4.74 Å². The van der Waals surface area contributed by atoms with Crippen LogP contribution in [0.3, 0.4) is 0 Å². The van der Waals surface area contributed by atoms with Gasteiger partial charge in [0.05, 0.1) is 11.6 Å². The van der Waals surface area contributed by atoms with Crippen LogP contribution in [0.25, 0.3) is 0 Å². The van der Waals surface area contributed by atoms with Gasteiger partial charge >= 0.3 is 0 Å². The Morgan fingerprint density at radius 3 is 3.05 bits per heavy atom. The van der Waals surface area contributed by atoms with Crippen LogP contribution in [0.5, 0.6) is 0 Å². The molecule has 5 heteroatoms. The summed E-state index contributed by atoms with van der Waals surface area (Å²) in [5.74, 6) is 0.426. The van der Waals surface area contributed by atoms with Gasteiger partial charge in [0, 0.05) is 48.6 Å². The van der Waals surface area contributed by atoms with Gasteiger partial charge in [0.25, 0.3) is 0 Å². The summed E-state index contributed by atoms with van der Waals surface area (Å²) in [7, 11) is 1.73. The van der Waals surface area contributed by atoms with Crippen molar-refractivity contribution in [2.24, 2.45) is 0 Å². The third kappa shape index (κ3) is 4.98. The minimum Gasteiger partial charge on any atom is -0.383 e. The van der Waals surface area contributed by atoms with Gasteiger partial charge in [-0.2, -0.15) is 0 Å². The molecule has 108 valence electrons. The molecule has 0 saturated carbocycles. The summed E-state index contributed by atoms with van der Waals surface area (Å²) < 4.78 is 6.20. The lowest BCUT2D eigenvalue weighted by atomic mass is 9.96. The van der Waals surface area contributed by atoms with E-state index in [-0.39, 0.29) is 0 Å². The SMILES string of the molecule is COCCNCC(Cc1nccs1)c1cccc(Br)c1. The summed E-state index contributed by atoms with van der Waals surface area (Å²) in [6.45, 7) is 2.54. The van der Waals surface area contributed by atoms with Crippen LogP contribution < -0.4 is 5.32 Å². The summed E-state index contributed by atoms with van der Waals surface area (Å²) in [5, 5.41) is 6.67. The Bertz CT molecular complexity index is 504. The zero-order chi connectivity index (χ0) is 14.2. The minimum absolute atomic E-state index is 0.426. The van der Waals surface area contributed by atoms with E-state index in [0.29, 0.717) is 5.92 Å². The van der Waals surface area contributed by atoms with Crippen LogP contribution in [0.2, 0.25) is 0 Å². The summed E-state index contributed by atoms with van der Waals surface area (Å²) in [4.78, 5) is 4.40. The van der Waals surface area contributed by atoms with Gasteiger partial charge in [-0.25, -0.2) is 4.98 Å². The highest BCUT2D eigenvalue weighted by molar-refractivity contribution is 9.10. The standard InChI is InChI=1S/C15H19BrN2OS/c1-19-7-5-17-11-13(10-15-18-6-8-20-15)12-3-2-4-14(16)9-12/h2-4,6,8-9,13,17H,5,7,10-11H2,1H3. The average Bonchev–Trinajstić information content (AvgIpc) is 2.95. The molecule has 1 aromatic heterocycles. The van der Waals surface area contributed by atoms with Crippen molar-refractivity contribution in [2.75, 3.05) is 26.8 Å². The predicted molar refractivity (Wildman–Crippen MR) is 87.4 cm³/mol. The number of methoxy groups -OCH3 is 1. The number of benzene rings is 1. The van der Waals surface area contributed by atoms with Crippen LogP contribution >= 0.6 is 27.3 Å². The van der Waals surface area contributed by atoms with Crippen molar-refractivity contribution in [3.8, 4) is 0 Å². The molecule has 2 rings (SSSR count). The molecule has 0 saturated heterocycles. The number of rotatable bonds is 8. The van der Waals surface area contributed by atoms with Gasteiger partial charge in [-0.05, 0) is 17.7 Å². The number of nitrogens with zero attached hydrogens (tertiary/aromatic N) is 1. The maximum Gasteiger partial charge on any atom is 0.0931 e. The van der Waals surface area contributed by atoms with Crippen molar-refractivity contribution in [1.82, 2.24) is 10.3 Å². The summed E-state index contributed by atoms with van der Waals surface area (Å²) >= 11 is 5.27. The summed E-state index contributed by atoms with van der Waals surface area (Å²) in [5.41, 5.74) is 1.33. The van der Waals surface area contributed by atoms with Crippen LogP contribution in [-0.4, -0.2) is 31.8 Å². The van der Waals surface area contributed by atoms with Crippen molar-refractivity contribution >= 4 is 27.3 Å². The minimum atomic E-state index is 0.426. The van der Waals surface area contributed by atoms with Crippen molar-refractivity contribution in [1.29, 1.82) is 0 Å². The van der Waals surface area contributed by atoms with Gasteiger partial charge in [-0.1, -0.05) is 28.1 Å². The molecule has 1 heterocycles. The fourth-order valence-corrected chi connectivity index (χ4v) is 3.20. The Balaban J connectivity index is 2.03. The number of ether oxygens (including phenoxy) is 1. The maximum atomic E-state index is 5.07. The molecule has 0 fully saturated rings. The molecule has 1 aromatic carbocycles. The fraction of sp³-hybridized carbons (Fsp3) is 0.400. The highest BCUT2D eigenvalue weighted by atomic mass is 79.9. The summed E-state index contributed by atoms with van der Waals surface area (Å²) in [6.07, 6.45) is 2.84. The van der Waals surface area contributed by atoms with Gasteiger partial charge in [0.15, 0.2) is 0 Å². The first-order valence-electron chi connectivity index (χ1n) is 6.63. The van der Waals surface area contributed by atoms with Gasteiger partial charge < -0.3 is 10.1 Å². The molecule has 0 aliphatic carbocycles. The van der Waals surface area contributed by atoms with Crippen LogP contribution in [0.4, 0.5) is 0 Å². The van der Waals surface area contributed by atoms with Gasteiger partial charge in [0.1, 0.15) is 0 Å². The smallest absolute Gasteiger partial charge is 0.0931 e. The largest absolute Gasteiger partial charge is 0.383 e. The lowest BCUT2D eigenvalue weighted by molar-refractivity contribution is 0.199. The van der Waals surface area contributed by atoms with E-state index in [1.165, 1.54) is 10.6 Å². The van der Waals surface area contributed by atoms with E-state index in [9.17, 15) is 0 Å². The summed E-state index contributed by atoms with van der Waals surface area (Å²) in [6, 6.07) is 8.52. The number of thiazole rings is 1. The topological polar surface area (TPSA) is 34.1 Å². The zero-order valence-electron chi connectivity index (χ0n) is 11.5. The molecule has 0 spiro atoms. The number of aromatic nitrogens is 1. The lowest BCUT2D eigenvalue weighted by Crippen LogP contribution is -2.26.